The number of carbonyl (C=O) groups excluding carboxylic acids is 3. The third kappa shape index (κ3) is 4.90. The van der Waals surface area contributed by atoms with Crippen molar-refractivity contribution < 1.29 is 18.8 Å². The summed E-state index contributed by atoms with van der Waals surface area (Å²) in [7, 11) is 0. The third-order valence-electron chi connectivity index (χ3n) is 4.85. The maximum Gasteiger partial charge on any atom is 0.270 e. The van der Waals surface area contributed by atoms with Crippen molar-refractivity contribution in [3.8, 4) is 0 Å². The lowest BCUT2D eigenvalue weighted by Crippen LogP contribution is -2.42. The molecular formula is C19H23FN4O3. The molecule has 0 unspecified atom stereocenters. The van der Waals surface area contributed by atoms with Crippen molar-refractivity contribution in [1.29, 1.82) is 0 Å². The first-order valence-electron chi connectivity index (χ1n) is 9.20. The molecule has 0 aliphatic carbocycles. The molecule has 1 N–H and O–H groups in total. The van der Waals surface area contributed by atoms with Crippen molar-refractivity contribution in [1.82, 2.24) is 15.2 Å². The van der Waals surface area contributed by atoms with Crippen LogP contribution in [-0.2, 0) is 20.8 Å². The van der Waals surface area contributed by atoms with E-state index in [-0.39, 0.29) is 36.4 Å². The van der Waals surface area contributed by atoms with E-state index in [1.165, 1.54) is 6.07 Å². The summed E-state index contributed by atoms with van der Waals surface area (Å²) in [5.74, 6) is -0.696. The molecule has 0 bridgehead atoms. The second-order valence-electron chi connectivity index (χ2n) is 6.71. The zero-order chi connectivity index (χ0) is 19.2. The molecule has 0 spiro atoms. The van der Waals surface area contributed by atoms with E-state index >= 15 is 0 Å². The van der Waals surface area contributed by atoms with Crippen molar-refractivity contribution in [2.45, 2.75) is 32.1 Å². The van der Waals surface area contributed by atoms with Crippen LogP contribution >= 0.6 is 0 Å². The Hall–Kier alpha value is -2.77. The number of hydrazone groups is 1. The molecule has 2 aliphatic heterocycles. The van der Waals surface area contributed by atoms with Gasteiger partial charge in [-0.05, 0) is 24.5 Å². The minimum Gasteiger partial charge on any atom is -0.341 e. The fourth-order valence-corrected chi connectivity index (χ4v) is 3.28. The molecule has 1 fully saturated rings. The fraction of sp³-hybridized carbons (Fsp3) is 0.474. The van der Waals surface area contributed by atoms with Crippen LogP contribution in [0.5, 0.6) is 0 Å². The number of nitrogens with zero attached hydrogens (tertiary/aromatic N) is 3. The number of amides is 3. The van der Waals surface area contributed by atoms with Gasteiger partial charge in [0.1, 0.15) is 11.5 Å². The molecule has 1 saturated heterocycles. The fourth-order valence-electron chi connectivity index (χ4n) is 3.28. The van der Waals surface area contributed by atoms with Crippen LogP contribution in [0.4, 0.5) is 4.39 Å². The minimum absolute atomic E-state index is 0.0326. The van der Waals surface area contributed by atoms with Crippen LogP contribution in [0.15, 0.2) is 29.4 Å². The third-order valence-corrected chi connectivity index (χ3v) is 4.85. The van der Waals surface area contributed by atoms with Gasteiger partial charge in [0.2, 0.25) is 11.8 Å². The van der Waals surface area contributed by atoms with Crippen LogP contribution < -0.4 is 5.43 Å². The van der Waals surface area contributed by atoms with Gasteiger partial charge >= 0.3 is 0 Å². The Labute approximate surface area is 157 Å². The SMILES string of the molecule is O=C1CCC(C(=O)N2CCCN(C(=O)CCc3ccccc3F)CC2)=NN1. The van der Waals surface area contributed by atoms with E-state index in [1.807, 2.05) is 0 Å². The zero-order valence-corrected chi connectivity index (χ0v) is 15.1. The summed E-state index contributed by atoms with van der Waals surface area (Å²) >= 11 is 0. The number of rotatable bonds is 4. The van der Waals surface area contributed by atoms with Gasteiger partial charge in [0.05, 0.1) is 0 Å². The van der Waals surface area contributed by atoms with E-state index in [0.717, 1.165) is 0 Å². The highest BCUT2D eigenvalue weighted by molar-refractivity contribution is 6.39. The van der Waals surface area contributed by atoms with Gasteiger partial charge in [-0.3, -0.25) is 14.4 Å². The Morgan fingerprint density at radius 1 is 1.07 bits per heavy atom. The first-order chi connectivity index (χ1) is 13.0. The van der Waals surface area contributed by atoms with Gasteiger partial charge in [-0.2, -0.15) is 5.10 Å². The highest BCUT2D eigenvalue weighted by atomic mass is 19.1. The molecule has 2 aliphatic rings. The lowest BCUT2D eigenvalue weighted by Gasteiger charge is -2.23. The molecule has 3 rings (SSSR count). The molecule has 0 radical (unpaired) electrons. The molecule has 144 valence electrons. The van der Waals surface area contributed by atoms with E-state index in [2.05, 4.69) is 10.5 Å². The van der Waals surface area contributed by atoms with Crippen LogP contribution in [-0.4, -0.2) is 59.4 Å². The van der Waals surface area contributed by atoms with Gasteiger partial charge in [-0.25, -0.2) is 9.82 Å². The van der Waals surface area contributed by atoms with Crippen LogP contribution in [0, 0.1) is 5.82 Å². The summed E-state index contributed by atoms with van der Waals surface area (Å²) in [5, 5.41) is 3.85. The standard InChI is InChI=1S/C19H23FN4O3/c20-15-5-2-1-4-14(15)6-9-18(26)23-10-3-11-24(13-12-23)19(27)16-7-8-17(25)22-21-16/h1-2,4-5H,3,6-13H2,(H,22,25). The maximum absolute atomic E-state index is 13.7. The van der Waals surface area contributed by atoms with Gasteiger partial charge in [0, 0.05) is 45.4 Å². The highest BCUT2D eigenvalue weighted by Crippen LogP contribution is 2.12. The summed E-state index contributed by atoms with van der Waals surface area (Å²) in [4.78, 5) is 39.6. The Bertz CT molecular complexity index is 765. The topological polar surface area (TPSA) is 82.1 Å². The molecule has 1 aromatic carbocycles. The molecule has 2 heterocycles. The van der Waals surface area contributed by atoms with Gasteiger partial charge in [0.15, 0.2) is 0 Å². The number of hydrogen-bond donors (Lipinski definition) is 1. The number of carbonyl (C=O) groups is 3. The quantitative estimate of drug-likeness (QED) is 0.856. The van der Waals surface area contributed by atoms with Crippen molar-refractivity contribution in [2.24, 2.45) is 5.10 Å². The highest BCUT2D eigenvalue weighted by Gasteiger charge is 2.26. The molecule has 0 atom stereocenters. The number of hydrogen-bond acceptors (Lipinski definition) is 4. The van der Waals surface area contributed by atoms with Crippen LogP contribution in [0.2, 0.25) is 0 Å². The smallest absolute Gasteiger partial charge is 0.270 e. The minimum atomic E-state index is -0.293. The normalized spacial score (nSPS) is 17.8. The first kappa shape index (κ1) is 19.0. The summed E-state index contributed by atoms with van der Waals surface area (Å²) in [6.45, 7) is 1.99. The van der Waals surface area contributed by atoms with Crippen molar-refractivity contribution in [2.75, 3.05) is 26.2 Å². The van der Waals surface area contributed by atoms with Crippen molar-refractivity contribution in [3.63, 3.8) is 0 Å². The lowest BCUT2D eigenvalue weighted by atomic mass is 10.1. The van der Waals surface area contributed by atoms with E-state index in [9.17, 15) is 18.8 Å². The first-order valence-corrected chi connectivity index (χ1v) is 9.20. The molecule has 27 heavy (non-hydrogen) atoms. The number of nitrogens with one attached hydrogen (secondary N) is 1. The number of aryl methyl sites for hydroxylation is 1. The predicted octanol–water partition coefficient (Wildman–Crippen LogP) is 1.09. The Kier molecular flexibility index (Phi) is 6.16. The van der Waals surface area contributed by atoms with Gasteiger partial charge < -0.3 is 9.80 Å². The van der Waals surface area contributed by atoms with Crippen LogP contribution in [0.3, 0.4) is 0 Å². The van der Waals surface area contributed by atoms with Crippen molar-refractivity contribution in [3.05, 3.63) is 35.6 Å². The second kappa shape index (κ2) is 8.75. The molecule has 1 aromatic rings. The average molecular weight is 374 g/mol. The number of halogens is 1. The van der Waals surface area contributed by atoms with Crippen molar-refractivity contribution >= 4 is 23.4 Å². The molecule has 0 saturated carbocycles. The summed E-state index contributed by atoms with van der Waals surface area (Å²) in [6.07, 6.45) is 1.89. The van der Waals surface area contributed by atoms with Crippen LogP contribution in [0.25, 0.3) is 0 Å². The second-order valence-corrected chi connectivity index (χ2v) is 6.71. The summed E-state index contributed by atoms with van der Waals surface area (Å²) in [5.41, 5.74) is 3.23. The van der Waals surface area contributed by atoms with Crippen LogP contribution in [0.1, 0.15) is 31.2 Å². The lowest BCUT2D eigenvalue weighted by molar-refractivity contribution is -0.131. The monoisotopic (exact) mass is 374 g/mol. The summed E-state index contributed by atoms with van der Waals surface area (Å²) < 4.78 is 13.7. The summed E-state index contributed by atoms with van der Waals surface area (Å²) in [6, 6.07) is 6.47. The molecule has 7 nitrogen and oxygen atoms in total. The molecular weight excluding hydrogens is 351 g/mol. The van der Waals surface area contributed by atoms with E-state index in [4.69, 9.17) is 0 Å². The zero-order valence-electron chi connectivity index (χ0n) is 15.1. The number of benzene rings is 1. The molecule has 0 aromatic heterocycles. The van der Waals surface area contributed by atoms with E-state index < -0.39 is 0 Å². The predicted molar refractivity (Wildman–Crippen MR) is 97.3 cm³/mol. The van der Waals surface area contributed by atoms with E-state index in [1.54, 1.807) is 28.0 Å². The van der Waals surface area contributed by atoms with Gasteiger partial charge in [-0.15, -0.1) is 0 Å². The Morgan fingerprint density at radius 3 is 2.56 bits per heavy atom. The Morgan fingerprint density at radius 2 is 1.81 bits per heavy atom. The van der Waals surface area contributed by atoms with Gasteiger partial charge in [-0.1, -0.05) is 18.2 Å². The molecule has 8 heteroatoms. The van der Waals surface area contributed by atoms with Gasteiger partial charge in [0.25, 0.3) is 5.91 Å². The maximum atomic E-state index is 13.7. The Balaban J connectivity index is 1.52. The average Bonchev–Trinajstić information content (AvgIpc) is 2.93. The largest absolute Gasteiger partial charge is 0.341 e. The molecule has 3 amide bonds. The van der Waals surface area contributed by atoms with E-state index in [0.29, 0.717) is 56.7 Å².